The first-order valence-electron chi connectivity index (χ1n) is 5.61. The van der Waals surface area contributed by atoms with Gasteiger partial charge in [0, 0.05) is 12.7 Å². The van der Waals surface area contributed by atoms with Gasteiger partial charge in [-0.1, -0.05) is 17.7 Å². The molecule has 0 aliphatic heterocycles. The lowest BCUT2D eigenvalue weighted by atomic mass is 10.3. The summed E-state index contributed by atoms with van der Waals surface area (Å²) in [7, 11) is 1.93. The van der Waals surface area contributed by atoms with Crippen LogP contribution in [0.4, 0.5) is 11.5 Å². The van der Waals surface area contributed by atoms with Gasteiger partial charge in [0.25, 0.3) is 0 Å². The largest absolute Gasteiger partial charge is 0.397 e. The van der Waals surface area contributed by atoms with Crippen LogP contribution in [0.5, 0.6) is 0 Å². The first-order chi connectivity index (χ1) is 8.56. The zero-order valence-electron chi connectivity index (χ0n) is 10.4. The molecule has 0 saturated carbocycles. The summed E-state index contributed by atoms with van der Waals surface area (Å²) < 4.78 is 0. The average Bonchev–Trinajstić information content (AvgIpc) is 2.28. The number of hydrogen-bond donors (Lipinski definition) is 1. The molecule has 0 aliphatic carbocycles. The number of nitrogens with two attached hydrogens (primary N) is 1. The molecule has 2 heterocycles. The molecule has 2 rings (SSSR count). The molecule has 0 amide bonds. The minimum atomic E-state index is 0.546. The maximum Gasteiger partial charge on any atom is 0.147 e. The molecule has 2 aromatic heterocycles. The molecule has 0 bridgehead atoms. The molecule has 0 aromatic carbocycles. The second kappa shape index (κ2) is 5.23. The lowest BCUT2D eigenvalue weighted by Crippen LogP contribution is -2.19. The Morgan fingerprint density at radius 3 is 2.83 bits per heavy atom. The Hall–Kier alpha value is -1.81. The summed E-state index contributed by atoms with van der Waals surface area (Å²) in [4.78, 5) is 10.6. The molecule has 0 saturated heterocycles. The van der Waals surface area contributed by atoms with E-state index in [0.29, 0.717) is 23.1 Å². The Bertz CT molecular complexity index is 556. The van der Waals surface area contributed by atoms with E-state index in [1.165, 1.54) is 0 Å². The summed E-state index contributed by atoms with van der Waals surface area (Å²) in [5, 5.41) is 0.546. The van der Waals surface area contributed by atoms with Crippen molar-refractivity contribution in [3.8, 4) is 0 Å². The third kappa shape index (κ3) is 2.90. The fraction of sp³-hybridized carbons (Fsp3) is 0.231. The predicted octanol–water partition coefficient (Wildman–Crippen LogP) is 2.66. The van der Waals surface area contributed by atoms with Gasteiger partial charge in [0.2, 0.25) is 0 Å². The molecule has 5 heteroatoms. The van der Waals surface area contributed by atoms with E-state index < -0.39 is 0 Å². The summed E-state index contributed by atoms with van der Waals surface area (Å²) >= 11 is 6.12. The molecule has 0 fully saturated rings. The molecule has 18 heavy (non-hydrogen) atoms. The van der Waals surface area contributed by atoms with Crippen LogP contribution < -0.4 is 10.6 Å². The van der Waals surface area contributed by atoms with E-state index in [9.17, 15) is 0 Å². The Kier molecular flexibility index (Phi) is 3.67. The number of nitrogen functional groups attached to an aromatic ring is 1. The number of rotatable bonds is 3. The molecule has 0 atom stereocenters. The van der Waals surface area contributed by atoms with E-state index in [1.54, 1.807) is 12.3 Å². The van der Waals surface area contributed by atoms with Gasteiger partial charge < -0.3 is 10.6 Å². The molecule has 0 unspecified atom stereocenters. The average molecular weight is 263 g/mol. The highest BCUT2D eigenvalue weighted by atomic mass is 35.5. The molecule has 0 aliphatic rings. The SMILES string of the molecule is Cc1cccc(CN(C)c2ncc(N)cc2Cl)n1. The van der Waals surface area contributed by atoms with Crippen LogP contribution in [0, 0.1) is 6.92 Å². The second-order valence-electron chi connectivity index (χ2n) is 4.20. The minimum absolute atomic E-state index is 0.546. The Morgan fingerprint density at radius 2 is 2.17 bits per heavy atom. The summed E-state index contributed by atoms with van der Waals surface area (Å²) in [6, 6.07) is 7.64. The fourth-order valence-corrected chi connectivity index (χ4v) is 2.05. The number of pyridine rings is 2. The number of halogens is 1. The summed E-state index contributed by atoms with van der Waals surface area (Å²) in [5.74, 6) is 0.703. The van der Waals surface area contributed by atoms with Gasteiger partial charge in [-0.3, -0.25) is 4.98 Å². The van der Waals surface area contributed by atoms with Gasteiger partial charge in [0.05, 0.1) is 29.1 Å². The van der Waals surface area contributed by atoms with Gasteiger partial charge in [-0.25, -0.2) is 4.98 Å². The highest BCUT2D eigenvalue weighted by Crippen LogP contribution is 2.24. The van der Waals surface area contributed by atoms with Crippen molar-refractivity contribution in [3.05, 3.63) is 46.9 Å². The quantitative estimate of drug-likeness (QED) is 0.924. The van der Waals surface area contributed by atoms with Crippen molar-refractivity contribution in [2.24, 2.45) is 0 Å². The van der Waals surface area contributed by atoms with Gasteiger partial charge >= 0.3 is 0 Å². The van der Waals surface area contributed by atoms with Crippen molar-refractivity contribution >= 4 is 23.1 Å². The van der Waals surface area contributed by atoms with Crippen molar-refractivity contribution < 1.29 is 0 Å². The number of nitrogens with zero attached hydrogens (tertiary/aromatic N) is 3. The summed E-state index contributed by atoms with van der Waals surface area (Å²) in [6.07, 6.45) is 1.60. The monoisotopic (exact) mass is 262 g/mol. The van der Waals surface area contributed by atoms with E-state index in [0.717, 1.165) is 11.4 Å². The molecule has 0 spiro atoms. The maximum atomic E-state index is 6.12. The zero-order chi connectivity index (χ0) is 13.1. The maximum absolute atomic E-state index is 6.12. The van der Waals surface area contributed by atoms with E-state index in [2.05, 4.69) is 9.97 Å². The predicted molar refractivity (Wildman–Crippen MR) is 74.7 cm³/mol. The van der Waals surface area contributed by atoms with Crippen molar-refractivity contribution in [3.63, 3.8) is 0 Å². The van der Waals surface area contributed by atoms with Crippen LogP contribution in [0.1, 0.15) is 11.4 Å². The van der Waals surface area contributed by atoms with E-state index in [1.807, 2.05) is 37.1 Å². The van der Waals surface area contributed by atoms with E-state index in [4.69, 9.17) is 17.3 Å². The second-order valence-corrected chi connectivity index (χ2v) is 4.61. The standard InChI is InChI=1S/C13H15ClN4/c1-9-4-3-5-11(17-9)8-18(2)13-12(14)6-10(15)7-16-13/h3-7H,8,15H2,1-2H3. The normalized spacial score (nSPS) is 10.4. The van der Waals surface area contributed by atoms with Gasteiger partial charge in [0.1, 0.15) is 5.82 Å². The third-order valence-corrected chi connectivity index (χ3v) is 2.83. The van der Waals surface area contributed by atoms with Crippen LogP contribution >= 0.6 is 11.6 Å². The molecule has 0 radical (unpaired) electrons. The van der Waals surface area contributed by atoms with Crippen molar-refractivity contribution in [2.75, 3.05) is 17.7 Å². The van der Waals surface area contributed by atoms with Crippen molar-refractivity contribution in [1.29, 1.82) is 0 Å². The Morgan fingerprint density at radius 1 is 1.39 bits per heavy atom. The molecule has 94 valence electrons. The summed E-state index contributed by atoms with van der Waals surface area (Å²) in [5.41, 5.74) is 8.16. The van der Waals surface area contributed by atoms with Crippen LogP contribution in [0.2, 0.25) is 5.02 Å². The van der Waals surface area contributed by atoms with Crippen LogP contribution in [-0.4, -0.2) is 17.0 Å². The fourth-order valence-electron chi connectivity index (χ4n) is 1.73. The lowest BCUT2D eigenvalue weighted by Gasteiger charge is -2.19. The highest BCUT2D eigenvalue weighted by molar-refractivity contribution is 6.33. The van der Waals surface area contributed by atoms with Crippen LogP contribution in [0.25, 0.3) is 0 Å². The van der Waals surface area contributed by atoms with E-state index >= 15 is 0 Å². The van der Waals surface area contributed by atoms with Gasteiger partial charge in [0.15, 0.2) is 0 Å². The lowest BCUT2D eigenvalue weighted by molar-refractivity contribution is 0.860. The molecular formula is C13H15ClN4. The number of aryl methyl sites for hydroxylation is 1. The summed E-state index contributed by atoms with van der Waals surface area (Å²) in [6.45, 7) is 2.62. The first-order valence-corrected chi connectivity index (χ1v) is 5.99. The third-order valence-electron chi connectivity index (χ3n) is 2.55. The topological polar surface area (TPSA) is 55.0 Å². The number of aromatic nitrogens is 2. The zero-order valence-corrected chi connectivity index (χ0v) is 11.1. The molecule has 2 N–H and O–H groups in total. The van der Waals surface area contributed by atoms with Gasteiger partial charge in [-0.05, 0) is 25.1 Å². The first kappa shape index (κ1) is 12.6. The minimum Gasteiger partial charge on any atom is -0.397 e. The molecular weight excluding hydrogens is 248 g/mol. The van der Waals surface area contributed by atoms with Crippen LogP contribution in [0.3, 0.4) is 0 Å². The highest BCUT2D eigenvalue weighted by Gasteiger charge is 2.09. The van der Waals surface area contributed by atoms with Crippen molar-refractivity contribution in [1.82, 2.24) is 9.97 Å². The molecule has 4 nitrogen and oxygen atoms in total. The molecule has 2 aromatic rings. The van der Waals surface area contributed by atoms with Gasteiger partial charge in [-0.15, -0.1) is 0 Å². The Labute approximate surface area is 111 Å². The van der Waals surface area contributed by atoms with Crippen LogP contribution in [0.15, 0.2) is 30.5 Å². The van der Waals surface area contributed by atoms with Crippen LogP contribution in [-0.2, 0) is 6.54 Å². The van der Waals surface area contributed by atoms with E-state index in [-0.39, 0.29) is 0 Å². The van der Waals surface area contributed by atoms with Crippen molar-refractivity contribution in [2.45, 2.75) is 13.5 Å². The number of hydrogen-bond acceptors (Lipinski definition) is 4. The number of anilines is 2. The Balaban J connectivity index is 2.19. The van der Waals surface area contributed by atoms with Gasteiger partial charge in [-0.2, -0.15) is 0 Å². The smallest absolute Gasteiger partial charge is 0.147 e.